The Labute approximate surface area is 127 Å². The van der Waals surface area contributed by atoms with Crippen molar-refractivity contribution in [3.05, 3.63) is 58.6 Å². The number of carbonyl (C=O) groups excluding carboxylic acids is 1. The van der Waals surface area contributed by atoms with Gasteiger partial charge in [0, 0.05) is 6.07 Å². The summed E-state index contributed by atoms with van der Waals surface area (Å²) in [6.45, 7) is 2.15. The molecule has 2 aromatic rings. The van der Waals surface area contributed by atoms with Crippen LogP contribution >= 0.6 is 11.6 Å². The average molecular weight is 302 g/mol. The van der Waals surface area contributed by atoms with Crippen LogP contribution in [0.4, 0.5) is 0 Å². The van der Waals surface area contributed by atoms with Crippen LogP contribution in [0.3, 0.4) is 0 Å². The van der Waals surface area contributed by atoms with Gasteiger partial charge >= 0.3 is 5.97 Å². The van der Waals surface area contributed by atoms with Crippen LogP contribution in [0.25, 0.3) is 0 Å². The molecular formula is C16H12ClNO3. The molecule has 0 unspecified atom stereocenters. The number of hydrogen-bond donors (Lipinski definition) is 0. The Morgan fingerprint density at radius 3 is 2.62 bits per heavy atom. The summed E-state index contributed by atoms with van der Waals surface area (Å²) in [5, 5.41) is 9.09. The molecule has 0 aliphatic carbocycles. The highest BCUT2D eigenvalue weighted by Gasteiger charge is 2.17. The molecule has 0 aliphatic heterocycles. The van der Waals surface area contributed by atoms with Gasteiger partial charge in [0.2, 0.25) is 0 Å². The van der Waals surface area contributed by atoms with Gasteiger partial charge in [0.05, 0.1) is 28.8 Å². The zero-order valence-electron chi connectivity index (χ0n) is 11.3. The van der Waals surface area contributed by atoms with Gasteiger partial charge in [-0.3, -0.25) is 0 Å². The maximum absolute atomic E-state index is 12.1. The summed E-state index contributed by atoms with van der Waals surface area (Å²) >= 11 is 6.07. The highest BCUT2D eigenvalue weighted by molar-refractivity contribution is 6.32. The van der Waals surface area contributed by atoms with Crippen molar-refractivity contribution in [3.8, 4) is 17.6 Å². The van der Waals surface area contributed by atoms with E-state index < -0.39 is 5.97 Å². The Kier molecular flexibility index (Phi) is 4.81. The van der Waals surface area contributed by atoms with Crippen LogP contribution < -0.4 is 9.47 Å². The van der Waals surface area contributed by atoms with Crippen molar-refractivity contribution < 1.29 is 14.3 Å². The fourth-order valence-corrected chi connectivity index (χ4v) is 1.97. The number of esters is 1. The summed E-state index contributed by atoms with van der Waals surface area (Å²) in [4.78, 5) is 12.1. The number of rotatable bonds is 4. The largest absolute Gasteiger partial charge is 0.490 e. The molecule has 0 N–H and O–H groups in total. The molecular weight excluding hydrogens is 290 g/mol. The second kappa shape index (κ2) is 6.78. The van der Waals surface area contributed by atoms with Crippen molar-refractivity contribution in [1.82, 2.24) is 0 Å². The lowest BCUT2D eigenvalue weighted by molar-refractivity contribution is 0.0728. The monoisotopic (exact) mass is 301 g/mol. The summed E-state index contributed by atoms with van der Waals surface area (Å²) in [5.41, 5.74) is 0.739. The molecule has 0 spiro atoms. The van der Waals surface area contributed by atoms with Gasteiger partial charge in [0.1, 0.15) is 0 Å². The van der Waals surface area contributed by atoms with Gasteiger partial charge in [0.15, 0.2) is 11.5 Å². The molecule has 0 saturated heterocycles. The van der Waals surface area contributed by atoms with E-state index in [-0.39, 0.29) is 16.5 Å². The van der Waals surface area contributed by atoms with Crippen molar-refractivity contribution in [1.29, 1.82) is 5.26 Å². The molecule has 4 nitrogen and oxygen atoms in total. The van der Waals surface area contributed by atoms with Crippen molar-refractivity contribution >= 4 is 17.6 Å². The smallest absolute Gasteiger partial charge is 0.343 e. The number of hydrogen-bond acceptors (Lipinski definition) is 4. The molecule has 0 atom stereocenters. The van der Waals surface area contributed by atoms with Crippen LogP contribution in [-0.4, -0.2) is 12.6 Å². The average Bonchev–Trinajstić information content (AvgIpc) is 2.51. The predicted octanol–water partition coefficient (Wildman–Crippen LogP) is 3.83. The summed E-state index contributed by atoms with van der Waals surface area (Å²) in [7, 11) is 0. The van der Waals surface area contributed by atoms with Crippen LogP contribution in [0.15, 0.2) is 42.5 Å². The summed E-state index contributed by atoms with van der Waals surface area (Å²) < 4.78 is 10.7. The van der Waals surface area contributed by atoms with Crippen molar-refractivity contribution in [3.63, 3.8) is 0 Å². The van der Waals surface area contributed by atoms with Gasteiger partial charge in [-0.15, -0.1) is 0 Å². The summed E-state index contributed by atoms with van der Waals surface area (Å²) in [6.07, 6.45) is 0. The zero-order valence-corrected chi connectivity index (χ0v) is 12.1. The van der Waals surface area contributed by atoms with Crippen LogP contribution in [0.2, 0.25) is 5.02 Å². The topological polar surface area (TPSA) is 59.3 Å². The van der Waals surface area contributed by atoms with Gasteiger partial charge in [-0.2, -0.15) is 5.26 Å². The predicted molar refractivity (Wildman–Crippen MR) is 78.7 cm³/mol. The third-order valence-electron chi connectivity index (χ3n) is 2.64. The van der Waals surface area contributed by atoms with Crippen LogP contribution in [0, 0.1) is 11.3 Å². The Hall–Kier alpha value is -2.51. The number of nitriles is 1. The molecule has 106 valence electrons. The van der Waals surface area contributed by atoms with Gasteiger partial charge in [0.25, 0.3) is 0 Å². The number of carbonyl (C=O) groups is 1. The lowest BCUT2D eigenvalue weighted by Gasteiger charge is -2.12. The van der Waals surface area contributed by atoms with Gasteiger partial charge in [-0.25, -0.2) is 4.79 Å². The van der Waals surface area contributed by atoms with E-state index in [1.54, 1.807) is 37.3 Å². The first-order valence-electron chi connectivity index (χ1n) is 6.29. The van der Waals surface area contributed by atoms with Crippen molar-refractivity contribution in [2.75, 3.05) is 6.61 Å². The molecule has 0 heterocycles. The minimum absolute atomic E-state index is 0.117. The number of halogens is 1. The summed E-state index contributed by atoms with van der Waals surface area (Å²) in [6, 6.07) is 13.4. The standard InChI is InChI=1S/C16H12ClNO3/c1-2-20-14-9-11(10-18)8-13(17)15(14)21-16(19)12-6-4-3-5-7-12/h3-9H,2H2,1H3. The molecule has 0 saturated carbocycles. The van der Waals surface area contributed by atoms with E-state index in [0.717, 1.165) is 0 Å². The van der Waals surface area contributed by atoms with E-state index >= 15 is 0 Å². The van der Waals surface area contributed by atoms with Crippen molar-refractivity contribution in [2.45, 2.75) is 6.92 Å². The van der Waals surface area contributed by atoms with E-state index in [1.165, 1.54) is 12.1 Å². The highest BCUT2D eigenvalue weighted by Crippen LogP contribution is 2.37. The maximum atomic E-state index is 12.1. The number of nitrogens with zero attached hydrogens (tertiary/aromatic N) is 1. The molecule has 0 fully saturated rings. The molecule has 0 amide bonds. The normalized spacial score (nSPS) is 9.76. The van der Waals surface area contributed by atoms with Crippen LogP contribution in [0.1, 0.15) is 22.8 Å². The van der Waals surface area contributed by atoms with Gasteiger partial charge < -0.3 is 9.47 Å². The first-order valence-corrected chi connectivity index (χ1v) is 6.67. The molecule has 21 heavy (non-hydrogen) atoms. The van der Waals surface area contributed by atoms with E-state index in [0.29, 0.717) is 17.7 Å². The van der Waals surface area contributed by atoms with Crippen molar-refractivity contribution in [2.24, 2.45) is 0 Å². The quantitative estimate of drug-likeness (QED) is 0.636. The third-order valence-corrected chi connectivity index (χ3v) is 2.92. The second-order valence-electron chi connectivity index (χ2n) is 4.09. The van der Waals surface area contributed by atoms with E-state index in [4.69, 9.17) is 26.3 Å². The molecule has 0 radical (unpaired) electrons. The van der Waals surface area contributed by atoms with Crippen LogP contribution in [0.5, 0.6) is 11.5 Å². The first-order chi connectivity index (χ1) is 10.2. The SMILES string of the molecule is CCOc1cc(C#N)cc(Cl)c1OC(=O)c1ccccc1. The van der Waals surface area contributed by atoms with E-state index in [1.807, 2.05) is 6.07 Å². The minimum Gasteiger partial charge on any atom is -0.490 e. The highest BCUT2D eigenvalue weighted by atomic mass is 35.5. The Bertz CT molecular complexity index is 693. The molecule has 2 rings (SSSR count). The number of ether oxygens (including phenoxy) is 2. The Morgan fingerprint density at radius 2 is 2.00 bits per heavy atom. The fraction of sp³-hybridized carbons (Fsp3) is 0.125. The van der Waals surface area contributed by atoms with Gasteiger partial charge in [-0.05, 0) is 25.1 Å². The molecule has 5 heteroatoms. The molecule has 0 bridgehead atoms. The number of benzene rings is 2. The fourth-order valence-electron chi connectivity index (χ4n) is 1.72. The Balaban J connectivity index is 2.35. The van der Waals surface area contributed by atoms with E-state index in [2.05, 4.69) is 0 Å². The lowest BCUT2D eigenvalue weighted by Crippen LogP contribution is -2.10. The molecule has 0 aromatic heterocycles. The lowest BCUT2D eigenvalue weighted by atomic mass is 10.2. The second-order valence-corrected chi connectivity index (χ2v) is 4.49. The summed E-state index contributed by atoms with van der Waals surface area (Å²) in [5.74, 6) is -0.152. The molecule has 2 aromatic carbocycles. The third kappa shape index (κ3) is 3.53. The Morgan fingerprint density at radius 1 is 1.29 bits per heavy atom. The van der Waals surface area contributed by atoms with E-state index in [9.17, 15) is 4.79 Å². The van der Waals surface area contributed by atoms with Gasteiger partial charge in [-0.1, -0.05) is 29.8 Å². The zero-order chi connectivity index (χ0) is 15.2. The molecule has 0 aliphatic rings. The van der Waals surface area contributed by atoms with Crippen LogP contribution in [-0.2, 0) is 0 Å². The minimum atomic E-state index is -0.539. The first kappa shape index (κ1) is 14.9. The maximum Gasteiger partial charge on any atom is 0.343 e.